The van der Waals surface area contributed by atoms with Gasteiger partial charge >= 0.3 is 18.4 Å². The molecule has 4 amide bonds. The summed E-state index contributed by atoms with van der Waals surface area (Å²) in [7, 11) is 1.82. The van der Waals surface area contributed by atoms with Crippen molar-refractivity contribution >= 4 is 46.2 Å². The van der Waals surface area contributed by atoms with E-state index >= 15 is 0 Å². The number of halogens is 3. The quantitative estimate of drug-likeness (QED) is 0.449. The molecule has 3 aromatic rings. The molecule has 9 nitrogen and oxygen atoms in total. The molecule has 1 saturated heterocycles. The highest BCUT2D eigenvalue weighted by Crippen LogP contribution is 2.25. The zero-order chi connectivity index (χ0) is 25.8. The van der Waals surface area contributed by atoms with Gasteiger partial charge in [0.2, 0.25) is 0 Å². The van der Waals surface area contributed by atoms with Crippen molar-refractivity contribution in [2.45, 2.75) is 18.1 Å². The van der Waals surface area contributed by atoms with Crippen LogP contribution in [0.15, 0.2) is 42.6 Å². The number of urea groups is 1. The highest BCUT2D eigenvalue weighted by atomic mass is 32.2. The summed E-state index contributed by atoms with van der Waals surface area (Å²) in [6.45, 7) is 0.957. The van der Waals surface area contributed by atoms with Crippen LogP contribution in [0.1, 0.15) is 15.9 Å². The van der Waals surface area contributed by atoms with E-state index in [1.807, 2.05) is 30.7 Å². The van der Waals surface area contributed by atoms with Gasteiger partial charge in [-0.1, -0.05) is 6.07 Å². The molecule has 0 radical (unpaired) electrons. The topological polar surface area (TPSA) is 108 Å². The van der Waals surface area contributed by atoms with Crippen LogP contribution in [0.4, 0.5) is 23.7 Å². The number of amides is 4. The minimum atomic E-state index is -3.29. The molecule has 1 aliphatic rings. The lowest BCUT2D eigenvalue weighted by Gasteiger charge is -2.32. The number of aromatic nitrogens is 2. The molecule has 0 aliphatic carbocycles. The largest absolute Gasteiger partial charge is 0.323 e. The first kappa shape index (κ1) is 25.4. The summed E-state index contributed by atoms with van der Waals surface area (Å²) >= 11 is 1.63. The normalized spacial score (nSPS) is 15.7. The molecule has 0 bridgehead atoms. The number of hydrogen-bond donors (Lipinski definition) is 3. The Morgan fingerprint density at radius 2 is 1.97 bits per heavy atom. The van der Waals surface area contributed by atoms with Gasteiger partial charge in [-0.3, -0.25) is 25.1 Å². The van der Waals surface area contributed by atoms with Gasteiger partial charge in [-0.15, -0.1) is 0 Å². The molecular weight excluding hydrogens is 497 g/mol. The number of nitrogens with one attached hydrogen (secondary N) is 3. The van der Waals surface area contributed by atoms with Crippen LogP contribution in [0.3, 0.4) is 0 Å². The van der Waals surface area contributed by atoms with Gasteiger partial charge in [0.1, 0.15) is 5.82 Å². The maximum absolute atomic E-state index is 14.7. The minimum absolute atomic E-state index is 0.0661. The van der Waals surface area contributed by atoms with E-state index in [0.717, 1.165) is 17.0 Å². The average Bonchev–Trinajstić information content (AvgIpc) is 3.23. The molecule has 2 heterocycles. The van der Waals surface area contributed by atoms with E-state index in [9.17, 15) is 27.6 Å². The second-order valence-corrected chi connectivity index (χ2v) is 9.57. The van der Waals surface area contributed by atoms with E-state index in [2.05, 4.69) is 10.4 Å². The molecule has 1 aliphatic heterocycles. The molecule has 4 rings (SSSR count). The van der Waals surface area contributed by atoms with E-state index in [0.29, 0.717) is 36.5 Å². The van der Waals surface area contributed by atoms with Gasteiger partial charge in [-0.25, -0.2) is 9.18 Å². The van der Waals surface area contributed by atoms with E-state index in [1.54, 1.807) is 33.0 Å². The van der Waals surface area contributed by atoms with Crippen molar-refractivity contribution in [1.29, 1.82) is 0 Å². The molecule has 2 aromatic carbocycles. The zero-order valence-corrected chi connectivity index (χ0v) is 19.9. The number of hydrogen-bond acceptors (Lipinski definition) is 5. The first-order valence-corrected chi connectivity index (χ1v) is 12.0. The van der Waals surface area contributed by atoms with Crippen LogP contribution in [-0.4, -0.2) is 63.0 Å². The average molecular weight is 521 g/mol. The van der Waals surface area contributed by atoms with Crippen molar-refractivity contribution in [2.75, 3.05) is 24.2 Å². The lowest BCUT2D eigenvalue weighted by atomic mass is 10.1. The van der Waals surface area contributed by atoms with E-state index < -0.39 is 24.1 Å². The SMILES string of the molecule is Cn1ncc2ccc(NC(=O)N3CCSC(Cc4ccc(C(=O)NNC(=O)C(F)F)cc4F)C3)cc21. The van der Waals surface area contributed by atoms with Crippen molar-refractivity contribution in [2.24, 2.45) is 7.05 Å². The summed E-state index contributed by atoms with van der Waals surface area (Å²) in [4.78, 5) is 37.4. The molecule has 0 spiro atoms. The minimum Gasteiger partial charge on any atom is -0.323 e. The Balaban J connectivity index is 1.34. The molecule has 1 aromatic heterocycles. The Labute approximate surface area is 208 Å². The molecule has 3 N–H and O–H groups in total. The summed E-state index contributed by atoms with van der Waals surface area (Å²) in [5.41, 5.74) is 5.13. The standard InChI is InChI=1S/C23H23F3N6O3S/c1-31-19-10-16(5-4-15(19)11-27-31)28-23(35)32-6-7-36-17(12-32)8-13-2-3-14(9-18(13)24)21(33)29-30-22(34)20(25)26/h2-5,9-11,17,20H,6-8,12H2,1H3,(H,28,35)(H,29,33)(H,30,34). The molecule has 1 fully saturated rings. The lowest BCUT2D eigenvalue weighted by Crippen LogP contribution is -2.44. The highest BCUT2D eigenvalue weighted by Gasteiger charge is 2.26. The van der Waals surface area contributed by atoms with Crippen molar-refractivity contribution in [3.8, 4) is 0 Å². The Bertz CT molecular complexity index is 1300. The Kier molecular flexibility index (Phi) is 7.67. The molecular formula is C23H23F3N6O3S. The van der Waals surface area contributed by atoms with E-state index in [-0.39, 0.29) is 16.8 Å². The molecule has 1 unspecified atom stereocenters. The number of rotatable bonds is 5. The number of anilines is 1. The highest BCUT2D eigenvalue weighted by molar-refractivity contribution is 8.00. The number of hydrazine groups is 1. The number of carbonyl (C=O) groups excluding carboxylic acids is 3. The lowest BCUT2D eigenvalue weighted by molar-refractivity contribution is -0.132. The third kappa shape index (κ3) is 5.90. The fraction of sp³-hybridized carbons (Fsp3) is 0.304. The fourth-order valence-electron chi connectivity index (χ4n) is 3.80. The van der Waals surface area contributed by atoms with Crippen LogP contribution in [0.25, 0.3) is 10.9 Å². The smallest absolute Gasteiger partial charge is 0.321 e. The third-order valence-electron chi connectivity index (χ3n) is 5.69. The van der Waals surface area contributed by atoms with Crippen LogP contribution in [0.5, 0.6) is 0 Å². The second kappa shape index (κ2) is 10.9. The Morgan fingerprint density at radius 3 is 2.72 bits per heavy atom. The fourth-order valence-corrected chi connectivity index (χ4v) is 5.04. The predicted octanol–water partition coefficient (Wildman–Crippen LogP) is 2.93. The number of carbonyl (C=O) groups is 3. The number of thioether (sulfide) groups is 1. The first-order valence-electron chi connectivity index (χ1n) is 11.0. The number of nitrogens with zero attached hydrogens (tertiary/aromatic N) is 3. The number of benzene rings is 2. The van der Waals surface area contributed by atoms with Crippen molar-refractivity contribution < 1.29 is 27.6 Å². The number of alkyl halides is 2. The molecule has 0 saturated carbocycles. The summed E-state index contributed by atoms with van der Waals surface area (Å²) in [6, 6.07) is 9.04. The number of fused-ring (bicyclic) bond motifs is 1. The molecule has 36 heavy (non-hydrogen) atoms. The van der Waals surface area contributed by atoms with Crippen LogP contribution >= 0.6 is 11.8 Å². The van der Waals surface area contributed by atoms with E-state index in [4.69, 9.17) is 0 Å². The second-order valence-electron chi connectivity index (χ2n) is 8.17. The van der Waals surface area contributed by atoms with Crippen molar-refractivity contribution in [3.63, 3.8) is 0 Å². The molecule has 13 heteroatoms. The first-order chi connectivity index (χ1) is 17.2. The Morgan fingerprint density at radius 1 is 1.17 bits per heavy atom. The van der Waals surface area contributed by atoms with Crippen LogP contribution < -0.4 is 16.2 Å². The maximum Gasteiger partial charge on any atom is 0.321 e. The van der Waals surface area contributed by atoms with Crippen LogP contribution in [0.2, 0.25) is 0 Å². The van der Waals surface area contributed by atoms with Gasteiger partial charge < -0.3 is 10.2 Å². The summed E-state index contributed by atoms with van der Waals surface area (Å²) in [5, 5.41) is 8.00. The molecule has 190 valence electrons. The maximum atomic E-state index is 14.7. The summed E-state index contributed by atoms with van der Waals surface area (Å²) in [6.07, 6.45) is -1.22. The van der Waals surface area contributed by atoms with Crippen LogP contribution in [-0.2, 0) is 18.3 Å². The van der Waals surface area contributed by atoms with Gasteiger partial charge in [-0.05, 0) is 42.3 Å². The van der Waals surface area contributed by atoms with Crippen molar-refractivity contribution in [1.82, 2.24) is 25.5 Å². The monoisotopic (exact) mass is 520 g/mol. The summed E-state index contributed by atoms with van der Waals surface area (Å²) in [5.74, 6) is -2.55. The molecule has 1 atom stereocenters. The van der Waals surface area contributed by atoms with Gasteiger partial charge in [0, 0.05) is 47.8 Å². The predicted molar refractivity (Wildman–Crippen MR) is 129 cm³/mol. The number of aryl methyl sites for hydroxylation is 1. The van der Waals surface area contributed by atoms with Gasteiger partial charge in [0.15, 0.2) is 0 Å². The Hall–Kier alpha value is -3.74. The van der Waals surface area contributed by atoms with E-state index in [1.165, 1.54) is 12.1 Å². The van der Waals surface area contributed by atoms with Crippen molar-refractivity contribution in [3.05, 3.63) is 59.5 Å². The third-order valence-corrected chi connectivity index (χ3v) is 6.89. The van der Waals surface area contributed by atoms with Crippen LogP contribution in [0, 0.1) is 5.82 Å². The van der Waals surface area contributed by atoms with Gasteiger partial charge in [-0.2, -0.15) is 25.6 Å². The van der Waals surface area contributed by atoms with Gasteiger partial charge in [0.25, 0.3) is 5.91 Å². The summed E-state index contributed by atoms with van der Waals surface area (Å²) < 4.78 is 40.8. The zero-order valence-electron chi connectivity index (χ0n) is 19.1. The van der Waals surface area contributed by atoms with Gasteiger partial charge in [0.05, 0.1) is 11.7 Å².